The predicted molar refractivity (Wildman–Crippen MR) is 126 cm³/mol. The number of ether oxygens (including phenoxy) is 1. The van der Waals surface area contributed by atoms with E-state index >= 15 is 0 Å². The van der Waals surface area contributed by atoms with Crippen molar-refractivity contribution in [3.05, 3.63) is 35.8 Å². The maximum atomic E-state index is 12.6. The monoisotopic (exact) mass is 467 g/mol. The van der Waals surface area contributed by atoms with Gasteiger partial charge in [0.1, 0.15) is 11.9 Å². The van der Waals surface area contributed by atoms with Crippen LogP contribution in [0.3, 0.4) is 0 Å². The average Bonchev–Trinajstić information content (AvgIpc) is 3.45. The molecule has 5 rings (SSSR count). The van der Waals surface area contributed by atoms with Crippen molar-refractivity contribution in [1.82, 2.24) is 5.32 Å². The molecule has 0 aliphatic heterocycles. The highest BCUT2D eigenvalue weighted by Gasteiger charge is 2.59. The Balaban J connectivity index is 1.17. The van der Waals surface area contributed by atoms with Gasteiger partial charge in [-0.2, -0.15) is 0 Å². The molecule has 3 saturated carbocycles. The smallest absolute Gasteiger partial charge is 0.306 e. The summed E-state index contributed by atoms with van der Waals surface area (Å²) in [6.45, 7) is 5.05. The standard InChI is InChI=1S/C28H37NO5/c1-27-13-11-19(30)16-18(27)5-6-21-22-7-8-24(28(22,2)14-12-23(21)27)34-26(32)10-9-25(31)29-17-20-4-3-15-33-20/h3-4,15-16,21-24H,5-14,17H2,1-2H3,(H,29,31)/t21-,22+,23-,24+,27+,28+/m1/s1. The van der Waals surface area contributed by atoms with Crippen molar-refractivity contribution in [2.24, 2.45) is 28.6 Å². The molecule has 34 heavy (non-hydrogen) atoms. The van der Waals surface area contributed by atoms with E-state index in [1.54, 1.807) is 18.4 Å². The molecule has 1 aromatic heterocycles. The number of carbonyl (C=O) groups excluding carboxylic acids is 3. The van der Waals surface area contributed by atoms with Crippen LogP contribution in [0.5, 0.6) is 0 Å². The number of carbonyl (C=O) groups is 3. The Hall–Kier alpha value is -2.37. The topological polar surface area (TPSA) is 85.6 Å². The van der Waals surface area contributed by atoms with Gasteiger partial charge >= 0.3 is 5.97 Å². The molecule has 1 N–H and O–H groups in total. The number of hydrogen-bond donors (Lipinski definition) is 1. The average molecular weight is 468 g/mol. The van der Waals surface area contributed by atoms with Crippen LogP contribution in [0.25, 0.3) is 0 Å². The molecule has 0 bridgehead atoms. The maximum Gasteiger partial charge on any atom is 0.306 e. The maximum absolute atomic E-state index is 12.6. The molecule has 6 atom stereocenters. The Morgan fingerprint density at radius 3 is 2.74 bits per heavy atom. The van der Waals surface area contributed by atoms with Gasteiger partial charge in [-0.15, -0.1) is 0 Å². The fraction of sp³-hybridized carbons (Fsp3) is 0.679. The van der Waals surface area contributed by atoms with E-state index in [1.807, 2.05) is 6.08 Å². The van der Waals surface area contributed by atoms with E-state index < -0.39 is 0 Å². The van der Waals surface area contributed by atoms with Crippen LogP contribution < -0.4 is 5.32 Å². The summed E-state index contributed by atoms with van der Waals surface area (Å²) in [5.74, 6) is 2.39. The number of amides is 1. The van der Waals surface area contributed by atoms with E-state index in [4.69, 9.17) is 9.15 Å². The summed E-state index contributed by atoms with van der Waals surface area (Å²) >= 11 is 0. The first-order valence-corrected chi connectivity index (χ1v) is 13.0. The minimum atomic E-state index is -0.270. The molecule has 0 aromatic carbocycles. The molecule has 1 amide bonds. The lowest BCUT2D eigenvalue weighted by Gasteiger charge is -2.57. The van der Waals surface area contributed by atoms with Crippen molar-refractivity contribution in [2.75, 3.05) is 0 Å². The lowest BCUT2D eigenvalue weighted by atomic mass is 9.47. The molecule has 184 valence electrons. The molecule has 0 saturated heterocycles. The zero-order chi connectivity index (χ0) is 23.9. The Labute approximate surface area is 201 Å². The van der Waals surface area contributed by atoms with Gasteiger partial charge in [-0.25, -0.2) is 0 Å². The molecule has 0 unspecified atom stereocenters. The summed E-state index contributed by atoms with van der Waals surface area (Å²) in [5.41, 5.74) is 1.57. The zero-order valence-corrected chi connectivity index (χ0v) is 20.4. The summed E-state index contributed by atoms with van der Waals surface area (Å²) in [6, 6.07) is 3.58. The van der Waals surface area contributed by atoms with E-state index in [0.29, 0.717) is 42.3 Å². The molecular weight excluding hydrogens is 430 g/mol. The van der Waals surface area contributed by atoms with Crippen LogP contribution in [0, 0.1) is 28.6 Å². The van der Waals surface area contributed by atoms with Crippen LogP contribution in [0.15, 0.2) is 34.5 Å². The summed E-state index contributed by atoms with van der Waals surface area (Å²) in [7, 11) is 0. The Morgan fingerprint density at radius 2 is 1.94 bits per heavy atom. The quantitative estimate of drug-likeness (QED) is 0.587. The van der Waals surface area contributed by atoms with Gasteiger partial charge in [0.25, 0.3) is 0 Å². The first-order chi connectivity index (χ1) is 16.3. The van der Waals surface area contributed by atoms with Crippen molar-refractivity contribution in [2.45, 2.75) is 90.7 Å². The molecule has 4 aliphatic rings. The van der Waals surface area contributed by atoms with Gasteiger partial charge in [-0.3, -0.25) is 14.4 Å². The van der Waals surface area contributed by atoms with E-state index in [1.165, 1.54) is 5.57 Å². The highest BCUT2D eigenvalue weighted by atomic mass is 16.5. The first-order valence-electron chi connectivity index (χ1n) is 13.0. The number of hydrogen-bond acceptors (Lipinski definition) is 5. The van der Waals surface area contributed by atoms with E-state index in [9.17, 15) is 14.4 Å². The third kappa shape index (κ3) is 4.14. The number of furan rings is 1. The SMILES string of the molecule is C[C@]12CC[C@@H]3[C@H](CCC4=CC(=O)CC[C@@]43C)[C@@H]1CC[C@@H]2OC(=O)CCC(=O)NCc1ccco1. The van der Waals surface area contributed by atoms with Crippen molar-refractivity contribution in [3.8, 4) is 0 Å². The number of esters is 1. The normalized spacial score (nSPS) is 36.6. The molecule has 6 heteroatoms. The predicted octanol–water partition coefficient (Wildman–Crippen LogP) is 5.12. The van der Waals surface area contributed by atoms with Crippen molar-refractivity contribution in [3.63, 3.8) is 0 Å². The van der Waals surface area contributed by atoms with Gasteiger partial charge in [-0.05, 0) is 86.3 Å². The Bertz CT molecular complexity index is 981. The molecular formula is C28H37NO5. The Kier molecular flexibility index (Phi) is 6.19. The van der Waals surface area contributed by atoms with Gasteiger partial charge in [0.15, 0.2) is 5.78 Å². The first kappa shape index (κ1) is 23.4. The van der Waals surface area contributed by atoms with Crippen molar-refractivity contribution < 1.29 is 23.5 Å². The molecule has 1 aromatic rings. The summed E-state index contributed by atoms with van der Waals surface area (Å²) in [6.07, 6.45) is 11.8. The van der Waals surface area contributed by atoms with Gasteiger partial charge in [0, 0.05) is 18.3 Å². The van der Waals surface area contributed by atoms with Gasteiger partial charge < -0.3 is 14.5 Å². The third-order valence-electron chi connectivity index (χ3n) is 9.74. The van der Waals surface area contributed by atoms with Crippen LogP contribution in [0.2, 0.25) is 0 Å². The number of nitrogens with one attached hydrogen (secondary N) is 1. The largest absolute Gasteiger partial charge is 0.467 e. The second-order valence-electron chi connectivity index (χ2n) is 11.4. The Morgan fingerprint density at radius 1 is 1.09 bits per heavy atom. The van der Waals surface area contributed by atoms with Crippen molar-refractivity contribution in [1.29, 1.82) is 0 Å². The second-order valence-corrected chi connectivity index (χ2v) is 11.4. The molecule has 0 radical (unpaired) electrons. The number of allylic oxidation sites excluding steroid dienone is 1. The van der Waals surface area contributed by atoms with Gasteiger partial charge in [0.2, 0.25) is 5.91 Å². The minimum absolute atomic E-state index is 0.0143. The highest BCUT2D eigenvalue weighted by Crippen LogP contribution is 2.65. The van der Waals surface area contributed by atoms with Crippen LogP contribution in [-0.4, -0.2) is 23.8 Å². The summed E-state index contributed by atoms with van der Waals surface area (Å²) in [5, 5.41) is 2.78. The van der Waals surface area contributed by atoms with E-state index in [0.717, 1.165) is 44.9 Å². The molecule has 4 aliphatic carbocycles. The lowest BCUT2D eigenvalue weighted by Crippen LogP contribution is -2.51. The lowest BCUT2D eigenvalue weighted by molar-refractivity contribution is -0.160. The van der Waals surface area contributed by atoms with Crippen LogP contribution in [0.1, 0.15) is 83.8 Å². The molecule has 3 fully saturated rings. The number of rotatable bonds is 6. The van der Waals surface area contributed by atoms with Crippen LogP contribution in [-0.2, 0) is 25.7 Å². The minimum Gasteiger partial charge on any atom is -0.467 e. The van der Waals surface area contributed by atoms with Gasteiger partial charge in [0.05, 0.1) is 19.2 Å². The number of ketones is 1. The fourth-order valence-electron chi connectivity index (χ4n) is 7.83. The zero-order valence-electron chi connectivity index (χ0n) is 20.4. The summed E-state index contributed by atoms with van der Waals surface area (Å²) < 4.78 is 11.2. The second kappa shape index (κ2) is 9.01. The van der Waals surface area contributed by atoms with E-state index in [-0.39, 0.29) is 41.7 Å². The van der Waals surface area contributed by atoms with Gasteiger partial charge in [-0.1, -0.05) is 19.4 Å². The fourth-order valence-corrected chi connectivity index (χ4v) is 7.83. The molecule has 0 spiro atoms. The summed E-state index contributed by atoms with van der Waals surface area (Å²) in [4.78, 5) is 36.8. The van der Waals surface area contributed by atoms with E-state index in [2.05, 4.69) is 19.2 Å². The highest BCUT2D eigenvalue weighted by molar-refractivity contribution is 5.91. The third-order valence-corrected chi connectivity index (χ3v) is 9.74. The molecule has 6 nitrogen and oxygen atoms in total. The van der Waals surface area contributed by atoms with Crippen molar-refractivity contribution >= 4 is 17.7 Å². The molecule has 1 heterocycles. The van der Waals surface area contributed by atoms with Crippen LogP contribution >= 0.6 is 0 Å². The van der Waals surface area contributed by atoms with Crippen LogP contribution in [0.4, 0.5) is 0 Å². The number of fused-ring (bicyclic) bond motifs is 5.